The van der Waals surface area contributed by atoms with Crippen LogP contribution in [0, 0.1) is 0 Å². The first-order valence-electron chi connectivity index (χ1n) is 6.56. The smallest absolute Gasteiger partial charge is 0.243 e. The number of hydrogen-bond donors (Lipinski definition) is 2. The van der Waals surface area contributed by atoms with Crippen LogP contribution in [-0.2, 0) is 9.59 Å². The highest BCUT2D eigenvalue weighted by atomic mass is 35.5. The van der Waals surface area contributed by atoms with E-state index in [0.717, 1.165) is 12.0 Å². The quantitative estimate of drug-likeness (QED) is 0.840. The van der Waals surface area contributed by atoms with E-state index in [1.165, 1.54) is 0 Å². The number of amides is 2. The summed E-state index contributed by atoms with van der Waals surface area (Å²) in [6.07, 6.45) is 1.64. The number of carbonyl (C=O) groups excluding carboxylic acids is 2. The molecule has 1 fully saturated rings. The Bertz CT molecular complexity index is 534. The van der Waals surface area contributed by atoms with Crippen LogP contribution in [0.4, 0.5) is 0 Å². The maximum Gasteiger partial charge on any atom is 0.243 e. The van der Waals surface area contributed by atoms with Gasteiger partial charge >= 0.3 is 0 Å². The van der Waals surface area contributed by atoms with Crippen LogP contribution in [0.1, 0.15) is 37.8 Å². The second-order valence-electron chi connectivity index (χ2n) is 4.80. The largest absolute Gasteiger partial charge is 0.299 e. The molecule has 20 heavy (non-hydrogen) atoms. The van der Waals surface area contributed by atoms with Crippen molar-refractivity contribution in [3.05, 3.63) is 33.8 Å². The van der Waals surface area contributed by atoms with Crippen molar-refractivity contribution in [1.29, 1.82) is 0 Å². The molecular weight excluding hydrogens is 299 g/mol. The van der Waals surface area contributed by atoms with Crippen LogP contribution in [0.25, 0.3) is 0 Å². The van der Waals surface area contributed by atoms with Crippen LogP contribution in [0.5, 0.6) is 0 Å². The predicted octanol–water partition coefficient (Wildman–Crippen LogP) is 2.84. The fourth-order valence-corrected chi connectivity index (χ4v) is 2.85. The summed E-state index contributed by atoms with van der Waals surface area (Å²) in [5, 5.41) is 6.75. The maximum absolute atomic E-state index is 11.8. The molecule has 0 spiro atoms. The summed E-state index contributed by atoms with van der Waals surface area (Å²) < 4.78 is 0. The number of nitrogens with one attached hydrogen (secondary N) is 2. The SMILES string of the molecule is CCC(NC1CCC(=O)NC1=O)c1ccc(Cl)cc1Cl. The number of hydrogen-bond acceptors (Lipinski definition) is 3. The van der Waals surface area contributed by atoms with Crippen molar-refractivity contribution in [1.82, 2.24) is 10.6 Å². The van der Waals surface area contributed by atoms with Gasteiger partial charge in [-0.25, -0.2) is 0 Å². The zero-order chi connectivity index (χ0) is 14.7. The molecule has 2 N–H and O–H groups in total. The second kappa shape index (κ2) is 6.57. The van der Waals surface area contributed by atoms with Crippen LogP contribution >= 0.6 is 23.2 Å². The molecule has 0 aromatic heterocycles. The van der Waals surface area contributed by atoms with Gasteiger partial charge < -0.3 is 0 Å². The first-order chi connectivity index (χ1) is 9.51. The highest BCUT2D eigenvalue weighted by molar-refractivity contribution is 6.35. The van der Waals surface area contributed by atoms with Gasteiger partial charge in [-0.1, -0.05) is 36.2 Å². The van der Waals surface area contributed by atoms with Crippen LogP contribution in [0.3, 0.4) is 0 Å². The molecule has 1 saturated heterocycles. The normalized spacial score (nSPS) is 20.6. The summed E-state index contributed by atoms with van der Waals surface area (Å²) in [4.78, 5) is 22.9. The lowest BCUT2D eigenvalue weighted by atomic mass is 10.00. The molecule has 6 heteroatoms. The molecule has 4 nitrogen and oxygen atoms in total. The van der Waals surface area contributed by atoms with Crippen LogP contribution in [-0.4, -0.2) is 17.9 Å². The Morgan fingerprint density at radius 1 is 1.40 bits per heavy atom. The van der Waals surface area contributed by atoms with Crippen molar-refractivity contribution in [3.63, 3.8) is 0 Å². The lowest BCUT2D eigenvalue weighted by Crippen LogP contribution is -2.51. The van der Waals surface area contributed by atoms with E-state index in [0.29, 0.717) is 22.9 Å². The molecule has 2 atom stereocenters. The first-order valence-corrected chi connectivity index (χ1v) is 7.31. The van der Waals surface area contributed by atoms with E-state index in [4.69, 9.17) is 23.2 Å². The molecule has 0 bridgehead atoms. The molecule has 108 valence electrons. The van der Waals surface area contributed by atoms with Crippen molar-refractivity contribution in [3.8, 4) is 0 Å². The zero-order valence-electron chi connectivity index (χ0n) is 11.1. The molecule has 2 unspecified atom stereocenters. The van der Waals surface area contributed by atoms with Gasteiger partial charge in [-0.3, -0.25) is 20.2 Å². The van der Waals surface area contributed by atoms with Gasteiger partial charge in [-0.2, -0.15) is 0 Å². The van der Waals surface area contributed by atoms with Gasteiger partial charge in [0.25, 0.3) is 0 Å². The van der Waals surface area contributed by atoms with Gasteiger partial charge in [0.15, 0.2) is 0 Å². The van der Waals surface area contributed by atoms with E-state index in [1.54, 1.807) is 12.1 Å². The van der Waals surface area contributed by atoms with E-state index >= 15 is 0 Å². The van der Waals surface area contributed by atoms with Crippen LogP contribution < -0.4 is 10.6 Å². The Morgan fingerprint density at radius 3 is 2.75 bits per heavy atom. The molecule has 2 amide bonds. The monoisotopic (exact) mass is 314 g/mol. The highest BCUT2D eigenvalue weighted by Crippen LogP contribution is 2.28. The minimum Gasteiger partial charge on any atom is -0.299 e. The van der Waals surface area contributed by atoms with Crippen molar-refractivity contribution >= 4 is 35.0 Å². The lowest BCUT2D eigenvalue weighted by molar-refractivity contribution is -0.134. The van der Waals surface area contributed by atoms with E-state index in [1.807, 2.05) is 13.0 Å². The minimum absolute atomic E-state index is 0.0521. The molecule has 1 aromatic carbocycles. The first kappa shape index (κ1) is 15.3. The Labute approximate surface area is 127 Å². The van der Waals surface area contributed by atoms with Gasteiger partial charge in [0.1, 0.15) is 0 Å². The van der Waals surface area contributed by atoms with Crippen molar-refractivity contribution in [2.75, 3.05) is 0 Å². The fraction of sp³-hybridized carbons (Fsp3) is 0.429. The number of piperidine rings is 1. The van der Waals surface area contributed by atoms with Gasteiger partial charge in [0, 0.05) is 22.5 Å². The number of halogens is 2. The summed E-state index contributed by atoms with van der Waals surface area (Å²) in [6.45, 7) is 2.01. The molecule has 0 aliphatic carbocycles. The van der Waals surface area contributed by atoms with E-state index in [-0.39, 0.29) is 23.9 Å². The van der Waals surface area contributed by atoms with Gasteiger partial charge in [-0.15, -0.1) is 0 Å². The average molecular weight is 315 g/mol. The number of benzene rings is 1. The minimum atomic E-state index is -0.371. The van der Waals surface area contributed by atoms with Gasteiger partial charge in [0.2, 0.25) is 11.8 Å². The van der Waals surface area contributed by atoms with Gasteiger partial charge in [0.05, 0.1) is 6.04 Å². The predicted molar refractivity (Wildman–Crippen MR) is 78.8 cm³/mol. The Balaban J connectivity index is 2.12. The molecular formula is C14H16Cl2N2O2. The van der Waals surface area contributed by atoms with Crippen molar-refractivity contribution in [2.45, 2.75) is 38.3 Å². The molecule has 1 heterocycles. The number of rotatable bonds is 4. The molecule has 1 aliphatic heterocycles. The van der Waals surface area contributed by atoms with Crippen LogP contribution in [0.2, 0.25) is 10.0 Å². The lowest BCUT2D eigenvalue weighted by Gasteiger charge is -2.27. The molecule has 0 saturated carbocycles. The molecule has 0 radical (unpaired) electrons. The van der Waals surface area contributed by atoms with Crippen molar-refractivity contribution < 1.29 is 9.59 Å². The standard InChI is InChI=1S/C14H16Cl2N2O2/c1-2-11(9-4-3-8(15)7-10(9)16)17-12-5-6-13(19)18-14(12)20/h3-4,7,11-12,17H,2,5-6H2,1H3,(H,18,19,20). The average Bonchev–Trinajstić information content (AvgIpc) is 2.39. The second-order valence-corrected chi connectivity index (χ2v) is 5.64. The van der Waals surface area contributed by atoms with E-state index in [9.17, 15) is 9.59 Å². The third-order valence-electron chi connectivity index (χ3n) is 3.39. The third kappa shape index (κ3) is 3.51. The van der Waals surface area contributed by atoms with Crippen molar-refractivity contribution in [2.24, 2.45) is 0 Å². The molecule has 2 rings (SSSR count). The third-order valence-corrected chi connectivity index (χ3v) is 3.95. The van der Waals surface area contributed by atoms with Gasteiger partial charge in [-0.05, 0) is 30.5 Å². The summed E-state index contributed by atoms with van der Waals surface area (Å²) in [6, 6.07) is 4.90. The Morgan fingerprint density at radius 2 is 2.15 bits per heavy atom. The van der Waals surface area contributed by atoms with Crippen LogP contribution in [0.15, 0.2) is 18.2 Å². The summed E-state index contributed by atoms with van der Waals surface area (Å²) in [5.74, 6) is -0.490. The fourth-order valence-electron chi connectivity index (χ4n) is 2.31. The van der Waals surface area contributed by atoms with E-state index < -0.39 is 0 Å². The highest BCUT2D eigenvalue weighted by Gasteiger charge is 2.28. The zero-order valence-corrected chi connectivity index (χ0v) is 12.6. The molecule has 1 aromatic rings. The topological polar surface area (TPSA) is 58.2 Å². The number of carbonyl (C=O) groups is 2. The maximum atomic E-state index is 11.8. The summed E-state index contributed by atoms with van der Waals surface area (Å²) >= 11 is 12.1. The molecule has 1 aliphatic rings. The summed E-state index contributed by atoms with van der Waals surface area (Å²) in [7, 11) is 0. The Hall–Kier alpha value is -1.10. The van der Waals surface area contributed by atoms with E-state index in [2.05, 4.69) is 10.6 Å². The number of imide groups is 1. The summed E-state index contributed by atoms with van der Waals surface area (Å²) in [5.41, 5.74) is 0.906. The Kier molecular flexibility index (Phi) is 5.02.